The van der Waals surface area contributed by atoms with Crippen molar-refractivity contribution in [3.05, 3.63) is 194 Å². The van der Waals surface area contributed by atoms with Gasteiger partial charge >= 0.3 is 0 Å². The van der Waals surface area contributed by atoms with Crippen LogP contribution in [0.4, 0.5) is 0 Å². The van der Waals surface area contributed by atoms with Crippen LogP contribution in [0.1, 0.15) is 0 Å². The van der Waals surface area contributed by atoms with E-state index in [1.54, 1.807) is 0 Å². The second-order valence-corrected chi connectivity index (χ2v) is 16.3. The van der Waals surface area contributed by atoms with Gasteiger partial charge in [-0.05, 0) is 98.0 Å². The summed E-state index contributed by atoms with van der Waals surface area (Å²) in [4.78, 5) is 0. The molecule has 13 rings (SSSR count). The fourth-order valence-corrected chi connectivity index (χ4v) is 11.0. The third-order valence-corrected chi connectivity index (χ3v) is 13.5. The Balaban J connectivity index is 1.03. The molecule has 0 N–H and O–H groups in total. The van der Waals surface area contributed by atoms with E-state index in [1.165, 1.54) is 119 Å². The third-order valence-electron chi connectivity index (χ3n) is 12.3. The van der Waals surface area contributed by atoms with Crippen LogP contribution in [0.5, 0.6) is 0 Å². The summed E-state index contributed by atoms with van der Waals surface area (Å²) < 4.78 is 7.58. The predicted molar refractivity (Wildman–Crippen MR) is 246 cm³/mol. The Bertz CT molecular complexity index is 3780. The lowest BCUT2D eigenvalue weighted by Crippen LogP contribution is -1.95. The fraction of sp³-hybridized carbons (Fsp3) is 0. The zero-order valence-corrected chi connectivity index (χ0v) is 31.6. The highest BCUT2D eigenvalue weighted by molar-refractivity contribution is 7.26. The molecule has 3 heterocycles. The van der Waals surface area contributed by atoms with Crippen LogP contribution in [-0.2, 0) is 0 Å². The number of aromatic nitrogens is 2. The van der Waals surface area contributed by atoms with Crippen molar-refractivity contribution in [1.29, 1.82) is 0 Å². The number of fused-ring (bicyclic) bond motifs is 15. The van der Waals surface area contributed by atoms with E-state index < -0.39 is 0 Å². The van der Waals surface area contributed by atoms with Crippen molar-refractivity contribution < 1.29 is 0 Å². The highest BCUT2D eigenvalue weighted by Gasteiger charge is 2.19. The molecule has 0 aliphatic heterocycles. The Kier molecular flexibility index (Phi) is 6.35. The molecule has 0 aliphatic rings. The summed E-state index contributed by atoms with van der Waals surface area (Å²) in [5.41, 5.74) is 9.67. The van der Waals surface area contributed by atoms with Crippen molar-refractivity contribution in [3.8, 4) is 22.5 Å². The molecular weight excluding hydrogens is 709 g/mol. The maximum Gasteiger partial charge on any atom is 0.0640 e. The van der Waals surface area contributed by atoms with Crippen molar-refractivity contribution in [2.24, 2.45) is 0 Å². The molecule has 0 saturated heterocycles. The molecule has 3 aromatic heterocycles. The summed E-state index contributed by atoms with van der Waals surface area (Å²) in [6.07, 6.45) is 0. The molecule has 0 unspecified atom stereocenters. The molecule has 10 aromatic carbocycles. The molecule has 0 aliphatic carbocycles. The van der Waals surface area contributed by atoms with Gasteiger partial charge in [0, 0.05) is 42.7 Å². The molecule has 264 valence electrons. The molecule has 0 fully saturated rings. The van der Waals surface area contributed by atoms with Crippen LogP contribution in [0.25, 0.3) is 119 Å². The minimum atomic E-state index is 1.17. The lowest BCUT2D eigenvalue weighted by atomic mass is 9.94. The Morgan fingerprint density at radius 1 is 0.281 bits per heavy atom. The molecule has 0 saturated carbocycles. The number of nitrogens with zero attached hydrogens (tertiary/aromatic N) is 2. The minimum absolute atomic E-state index is 1.17. The highest BCUT2D eigenvalue weighted by atomic mass is 32.1. The van der Waals surface area contributed by atoms with Crippen LogP contribution in [0, 0.1) is 0 Å². The molecule has 13 aromatic rings. The molecular formula is C54H32N2S. The van der Waals surface area contributed by atoms with Crippen LogP contribution in [0.3, 0.4) is 0 Å². The van der Waals surface area contributed by atoms with Crippen molar-refractivity contribution >= 4 is 107 Å². The number of rotatable bonds is 3. The summed E-state index contributed by atoms with van der Waals surface area (Å²) in [6.45, 7) is 0. The standard InChI is InChI=1S/C54H32N2S/c1-2-14-38-36(12-1)37-13-3-4-15-39(37)46-32-35(26-28-40(38)46)55-48-20-8-5-16-41(48)43-27-24-34(31-52(43)55)33-25-29-50-47(30-33)42-17-6-9-21-49(42)56(50)51-22-11-19-45-44-18-7-10-23-53(44)57-54(45)51/h1-32H. The minimum Gasteiger partial charge on any atom is -0.309 e. The largest absolute Gasteiger partial charge is 0.309 e. The normalized spacial score (nSPS) is 12.2. The molecule has 2 nitrogen and oxygen atoms in total. The number of thiophene rings is 1. The summed E-state index contributed by atoms with van der Waals surface area (Å²) >= 11 is 1.88. The Morgan fingerprint density at radius 2 is 0.789 bits per heavy atom. The topological polar surface area (TPSA) is 9.86 Å². The van der Waals surface area contributed by atoms with E-state index in [0.717, 1.165) is 0 Å². The van der Waals surface area contributed by atoms with Crippen LogP contribution in [0.15, 0.2) is 194 Å². The monoisotopic (exact) mass is 740 g/mol. The van der Waals surface area contributed by atoms with Gasteiger partial charge in [-0.2, -0.15) is 0 Å². The lowest BCUT2D eigenvalue weighted by Gasteiger charge is -2.14. The highest BCUT2D eigenvalue weighted by Crippen LogP contribution is 2.43. The zero-order valence-electron chi connectivity index (χ0n) is 30.8. The quantitative estimate of drug-likeness (QED) is 0.160. The Hall–Kier alpha value is -7.20. The first-order chi connectivity index (χ1) is 28.3. The molecule has 0 radical (unpaired) electrons. The summed E-state index contributed by atoms with van der Waals surface area (Å²) in [6, 6.07) is 72.0. The van der Waals surface area contributed by atoms with Gasteiger partial charge in [-0.15, -0.1) is 11.3 Å². The maximum absolute atomic E-state index is 2.47. The molecule has 0 atom stereocenters. The molecule has 0 amide bonds. The van der Waals surface area contributed by atoms with E-state index in [9.17, 15) is 0 Å². The van der Waals surface area contributed by atoms with Crippen molar-refractivity contribution in [2.45, 2.75) is 0 Å². The van der Waals surface area contributed by atoms with Crippen molar-refractivity contribution in [1.82, 2.24) is 9.13 Å². The SMILES string of the molecule is c1ccc2c(c1)sc1c(-n3c4ccccc4c4cc(-c5ccc6c7ccccc7n(-c7ccc8c9ccccc9c9ccccc9c8c7)c6c5)ccc43)cccc12. The van der Waals surface area contributed by atoms with E-state index in [0.29, 0.717) is 0 Å². The molecule has 57 heavy (non-hydrogen) atoms. The zero-order chi connectivity index (χ0) is 37.2. The first-order valence-electron chi connectivity index (χ1n) is 19.6. The van der Waals surface area contributed by atoms with Crippen LogP contribution in [-0.4, -0.2) is 9.13 Å². The van der Waals surface area contributed by atoms with Gasteiger partial charge in [0.2, 0.25) is 0 Å². The van der Waals surface area contributed by atoms with Gasteiger partial charge < -0.3 is 9.13 Å². The van der Waals surface area contributed by atoms with Crippen LogP contribution < -0.4 is 0 Å². The van der Waals surface area contributed by atoms with Gasteiger partial charge in [0.25, 0.3) is 0 Å². The number of hydrogen-bond acceptors (Lipinski definition) is 1. The Labute approximate surface area is 331 Å². The van der Waals surface area contributed by atoms with Gasteiger partial charge in [-0.25, -0.2) is 0 Å². The second kappa shape index (κ2) is 11.7. The molecule has 0 spiro atoms. The average Bonchev–Trinajstić information content (AvgIpc) is 3.94. The second-order valence-electron chi connectivity index (χ2n) is 15.2. The lowest BCUT2D eigenvalue weighted by molar-refractivity contribution is 1.19. The summed E-state index contributed by atoms with van der Waals surface area (Å²) in [7, 11) is 0. The van der Waals surface area contributed by atoms with E-state index in [1.807, 2.05) is 11.3 Å². The third kappa shape index (κ3) is 4.35. The van der Waals surface area contributed by atoms with Gasteiger partial charge in [0.1, 0.15) is 0 Å². The predicted octanol–water partition coefficient (Wildman–Crippen LogP) is 15.4. The fourth-order valence-electron chi connectivity index (χ4n) is 9.78. The van der Waals surface area contributed by atoms with Crippen molar-refractivity contribution in [2.75, 3.05) is 0 Å². The molecule has 0 bridgehead atoms. The van der Waals surface area contributed by atoms with Crippen molar-refractivity contribution in [3.63, 3.8) is 0 Å². The van der Waals surface area contributed by atoms with Gasteiger partial charge in [-0.1, -0.05) is 140 Å². The first kappa shape index (κ1) is 31.1. The van der Waals surface area contributed by atoms with E-state index in [-0.39, 0.29) is 0 Å². The molecule has 3 heteroatoms. The van der Waals surface area contributed by atoms with Crippen LogP contribution >= 0.6 is 11.3 Å². The smallest absolute Gasteiger partial charge is 0.0640 e. The maximum atomic E-state index is 2.47. The van der Waals surface area contributed by atoms with E-state index >= 15 is 0 Å². The summed E-state index contributed by atoms with van der Waals surface area (Å²) in [5, 5.41) is 15.4. The first-order valence-corrected chi connectivity index (χ1v) is 20.4. The van der Waals surface area contributed by atoms with E-state index in [2.05, 4.69) is 203 Å². The van der Waals surface area contributed by atoms with Gasteiger partial charge in [0.05, 0.1) is 32.5 Å². The summed E-state index contributed by atoms with van der Waals surface area (Å²) in [5.74, 6) is 0. The number of benzene rings is 10. The number of hydrogen-bond donors (Lipinski definition) is 0. The number of para-hydroxylation sites is 2. The van der Waals surface area contributed by atoms with Gasteiger partial charge in [0.15, 0.2) is 0 Å². The Morgan fingerprint density at radius 3 is 1.54 bits per heavy atom. The van der Waals surface area contributed by atoms with Crippen LogP contribution in [0.2, 0.25) is 0 Å². The van der Waals surface area contributed by atoms with Gasteiger partial charge in [-0.3, -0.25) is 0 Å². The van der Waals surface area contributed by atoms with E-state index in [4.69, 9.17) is 0 Å². The average molecular weight is 741 g/mol.